The van der Waals surface area contributed by atoms with Crippen molar-refractivity contribution in [2.75, 3.05) is 53.6 Å². The van der Waals surface area contributed by atoms with Crippen molar-refractivity contribution in [3.05, 3.63) is 68.5 Å². The minimum atomic E-state index is -1.17. The highest BCUT2D eigenvalue weighted by Crippen LogP contribution is 2.65. The average molecular weight is 1020 g/mol. The smallest absolute Gasteiger partial charge is 0.340 e. The monoisotopic (exact) mass is 1020 g/mol. The number of aliphatic hydroxyl groups excluding tert-OH is 4. The molecule has 73 heavy (non-hydrogen) atoms. The number of Topliss-reactive ketones (excluding diaryl/α,β-unsaturated/α-hetero) is 2. The maximum absolute atomic E-state index is 13.9. The molecule has 18 heteroatoms. The molecule has 6 aliphatic carbocycles. The minimum Gasteiger partial charge on any atom is -0.504 e. The molecule has 0 amide bonds. The van der Waals surface area contributed by atoms with Gasteiger partial charge in [0, 0.05) is 99.8 Å². The van der Waals surface area contributed by atoms with Gasteiger partial charge in [-0.15, -0.1) is 0 Å². The molecule has 10 aliphatic rings. The summed E-state index contributed by atoms with van der Waals surface area (Å²) in [5.41, 5.74) is -1.19. The van der Waals surface area contributed by atoms with Gasteiger partial charge in [-0.1, -0.05) is 21.3 Å². The van der Waals surface area contributed by atoms with E-state index in [4.69, 9.17) is 28.4 Å². The number of esters is 4. The lowest BCUT2D eigenvalue weighted by Crippen LogP contribution is -2.57. The molecule has 10 rings (SSSR count). The molecule has 4 saturated heterocycles. The summed E-state index contributed by atoms with van der Waals surface area (Å²) in [4.78, 5) is 82.8. The van der Waals surface area contributed by atoms with Crippen LogP contribution < -0.4 is 0 Å². The molecule has 4 heterocycles. The van der Waals surface area contributed by atoms with E-state index in [0.717, 1.165) is 51.9 Å². The maximum Gasteiger partial charge on any atom is 0.340 e. The van der Waals surface area contributed by atoms with Crippen LogP contribution in [-0.2, 0) is 57.2 Å². The zero-order chi connectivity index (χ0) is 52.0. The summed E-state index contributed by atoms with van der Waals surface area (Å²) < 4.78 is 34.4. The van der Waals surface area contributed by atoms with Gasteiger partial charge in [-0.2, -0.15) is 0 Å². The van der Waals surface area contributed by atoms with Crippen LogP contribution in [0.3, 0.4) is 0 Å². The lowest BCUT2D eigenvalue weighted by molar-refractivity contribution is -0.161. The molecule has 2 unspecified atom stereocenters. The average Bonchev–Trinajstić information content (AvgIpc) is 4.14. The van der Waals surface area contributed by atoms with Crippen molar-refractivity contribution in [2.45, 2.75) is 150 Å². The second-order valence-corrected chi connectivity index (χ2v) is 22.3. The van der Waals surface area contributed by atoms with Crippen molar-refractivity contribution < 1.29 is 77.6 Å². The van der Waals surface area contributed by atoms with E-state index >= 15 is 0 Å². The van der Waals surface area contributed by atoms with Crippen LogP contribution in [0.15, 0.2) is 68.5 Å². The van der Waals surface area contributed by atoms with E-state index in [1.807, 2.05) is 37.5 Å². The van der Waals surface area contributed by atoms with E-state index < -0.39 is 105 Å². The summed E-state index contributed by atoms with van der Waals surface area (Å²) in [5, 5.41) is 44.7. The Hall–Kier alpha value is -5.30. The quantitative estimate of drug-likeness (QED) is 0.136. The minimum absolute atomic E-state index is 0. The van der Waals surface area contributed by atoms with Crippen molar-refractivity contribution in [3.8, 4) is 0 Å². The zero-order valence-electron chi connectivity index (χ0n) is 42.7. The Balaban J connectivity index is 0.000000192. The van der Waals surface area contributed by atoms with Crippen LogP contribution in [0.4, 0.5) is 0 Å². The van der Waals surface area contributed by atoms with Crippen molar-refractivity contribution in [3.63, 3.8) is 0 Å². The molecule has 0 bridgehead atoms. The molecular formula is C55H74N2O16. The molecule has 6 fully saturated rings. The predicted octanol–water partition coefficient (Wildman–Crippen LogP) is 5.33. The molecule has 0 aromatic heterocycles. The van der Waals surface area contributed by atoms with Crippen LogP contribution in [0.1, 0.15) is 113 Å². The Morgan fingerprint density at radius 2 is 0.959 bits per heavy atom. The Morgan fingerprint density at radius 3 is 1.27 bits per heavy atom. The molecular weight excluding hydrogens is 945 g/mol. The largest absolute Gasteiger partial charge is 0.504 e. The summed E-state index contributed by atoms with van der Waals surface area (Å²) in [5.74, 6) is -5.03. The van der Waals surface area contributed by atoms with Gasteiger partial charge in [0.1, 0.15) is 24.4 Å². The van der Waals surface area contributed by atoms with Gasteiger partial charge in [0.05, 0.1) is 47.4 Å². The highest BCUT2D eigenvalue weighted by Gasteiger charge is 2.66. The fourth-order valence-electron chi connectivity index (χ4n) is 14.7. The van der Waals surface area contributed by atoms with Gasteiger partial charge in [0.25, 0.3) is 0 Å². The number of ether oxygens (including phenoxy) is 6. The van der Waals surface area contributed by atoms with Crippen LogP contribution in [0, 0.1) is 33.5 Å². The summed E-state index contributed by atoms with van der Waals surface area (Å²) in [6, 6.07) is 0. The van der Waals surface area contributed by atoms with Gasteiger partial charge in [-0.05, 0) is 101 Å². The number of methoxy groups -OCH3 is 2. The number of likely N-dealkylation sites (tertiary alicyclic amines) is 2. The van der Waals surface area contributed by atoms with E-state index in [9.17, 15) is 49.2 Å². The SMILES string of the molecule is C.COC[C@H]1OC(=O)/C(=C/N2CCCC2)C2=C(O)C(=O)C3=C([C@H](OC(C)=O)C[C@]4(C)C(O)CC[C@@H]34)[C@]21C.COC[C@H]1OC(=O)/C(=C\N2CCCC2)C2=C(O)C(=O)C3=C([C@H](OC(C)=O)C[C@]4(C)C(O)CC[C@@H]34)[C@]21C. The lowest BCUT2D eigenvalue weighted by Gasteiger charge is -2.54. The van der Waals surface area contributed by atoms with E-state index in [2.05, 4.69) is 0 Å². The molecule has 12 atom stereocenters. The highest BCUT2D eigenvalue weighted by atomic mass is 16.6. The number of hydrogen-bond acceptors (Lipinski definition) is 18. The van der Waals surface area contributed by atoms with Gasteiger partial charge in [0.2, 0.25) is 11.6 Å². The van der Waals surface area contributed by atoms with Gasteiger partial charge in [-0.25, -0.2) is 9.59 Å². The van der Waals surface area contributed by atoms with E-state index in [-0.39, 0.29) is 54.8 Å². The van der Waals surface area contributed by atoms with Crippen molar-refractivity contribution in [1.29, 1.82) is 0 Å². The first-order chi connectivity index (χ1) is 34.1. The predicted molar refractivity (Wildman–Crippen MR) is 262 cm³/mol. The second kappa shape index (κ2) is 19.8. The number of ketones is 2. The number of rotatable bonds is 8. The number of allylic oxidation sites excluding steroid dienone is 2. The molecule has 4 N–H and O–H groups in total. The van der Waals surface area contributed by atoms with E-state index in [1.165, 1.54) is 28.1 Å². The Kier molecular flexibility index (Phi) is 14.6. The highest BCUT2D eigenvalue weighted by molar-refractivity contribution is 6.14. The molecule has 18 nitrogen and oxygen atoms in total. The number of carbonyl (C=O) groups is 6. The van der Waals surface area contributed by atoms with Crippen LogP contribution in [-0.4, -0.2) is 156 Å². The number of nitrogens with zero attached hydrogens (tertiary/aromatic N) is 2. The summed E-state index contributed by atoms with van der Waals surface area (Å²) >= 11 is 0. The topological polar surface area (TPSA) is 245 Å². The van der Waals surface area contributed by atoms with Crippen LogP contribution in [0.2, 0.25) is 0 Å². The Labute approximate surface area is 427 Å². The number of cyclic esters (lactones) is 2. The standard InChI is InChI=1S/2C27H35NO8.CH4/c2*1-14(29)35-17-11-26(2)16(7-8-18(26)30)20-22(17)27(3)19(13-34-4)36-25(33)15(12-28-9-5-6-10-28)21(27)24(32)23(20)31;/h2*12,16-19,30,32H,5-11,13H2,1-4H3;1H4/b15-12+;15-12-;/t2*16-,17+,18?,19+,26-,27-;/m00./s1. The van der Waals surface area contributed by atoms with Gasteiger partial charge < -0.3 is 58.6 Å². The third-order valence-corrected chi connectivity index (χ3v) is 18.2. The van der Waals surface area contributed by atoms with Gasteiger partial charge in [0.15, 0.2) is 11.5 Å². The third-order valence-electron chi connectivity index (χ3n) is 18.2. The van der Waals surface area contributed by atoms with Gasteiger partial charge >= 0.3 is 23.9 Å². The molecule has 0 aromatic rings. The molecule has 0 aromatic carbocycles. The van der Waals surface area contributed by atoms with Gasteiger partial charge in [-0.3, -0.25) is 19.2 Å². The second-order valence-electron chi connectivity index (χ2n) is 22.3. The van der Waals surface area contributed by atoms with Crippen LogP contribution in [0.25, 0.3) is 0 Å². The molecule has 0 radical (unpaired) electrons. The number of aliphatic hydroxyl groups is 4. The van der Waals surface area contributed by atoms with E-state index in [0.29, 0.717) is 60.8 Å². The first kappa shape index (κ1) is 54.0. The molecule has 0 spiro atoms. The first-order valence-electron chi connectivity index (χ1n) is 25.6. The summed E-state index contributed by atoms with van der Waals surface area (Å²) in [6.07, 6.45) is 5.41. The molecule has 2 saturated carbocycles. The fourth-order valence-corrected chi connectivity index (χ4v) is 14.7. The number of carbonyl (C=O) groups excluding carboxylic acids is 6. The van der Waals surface area contributed by atoms with Crippen molar-refractivity contribution >= 4 is 35.4 Å². The molecule has 4 aliphatic heterocycles. The Morgan fingerprint density at radius 1 is 0.616 bits per heavy atom. The first-order valence-corrected chi connectivity index (χ1v) is 25.6. The third kappa shape index (κ3) is 8.36. The summed E-state index contributed by atoms with van der Waals surface area (Å²) in [7, 11) is 2.99. The fraction of sp³-hybridized carbons (Fsp3) is 0.673. The summed E-state index contributed by atoms with van der Waals surface area (Å²) in [6.45, 7) is 13.2. The van der Waals surface area contributed by atoms with Crippen LogP contribution in [0.5, 0.6) is 0 Å². The zero-order valence-corrected chi connectivity index (χ0v) is 42.7. The molecule has 400 valence electrons. The normalized spacial score (nSPS) is 38.7. The maximum atomic E-state index is 13.9. The van der Waals surface area contributed by atoms with Crippen molar-refractivity contribution in [1.82, 2.24) is 9.80 Å². The number of hydrogen-bond donors (Lipinski definition) is 4. The van der Waals surface area contributed by atoms with Crippen molar-refractivity contribution in [2.24, 2.45) is 33.5 Å². The lowest BCUT2D eigenvalue weighted by atomic mass is 9.53. The number of fused-ring (bicyclic) bond motifs is 8. The van der Waals surface area contributed by atoms with Crippen LogP contribution >= 0.6 is 0 Å². The Bertz CT molecular complexity index is 2370. The van der Waals surface area contributed by atoms with E-state index in [1.54, 1.807) is 12.4 Å².